The lowest BCUT2D eigenvalue weighted by Gasteiger charge is -2.09. The van der Waals surface area contributed by atoms with Crippen LogP contribution in [0.2, 0.25) is 0 Å². The number of ether oxygens (including phenoxy) is 1. The van der Waals surface area contributed by atoms with Crippen LogP contribution in [-0.2, 0) is 0 Å². The fourth-order valence-corrected chi connectivity index (χ4v) is 1.87. The molecule has 0 bridgehead atoms. The molecule has 1 aromatic heterocycles. The van der Waals surface area contributed by atoms with Gasteiger partial charge >= 0.3 is 0 Å². The van der Waals surface area contributed by atoms with Crippen LogP contribution < -0.4 is 10.1 Å². The molecule has 1 heterocycles. The second kappa shape index (κ2) is 5.22. The van der Waals surface area contributed by atoms with E-state index >= 15 is 0 Å². The monoisotopic (exact) mass is 261 g/mol. The molecule has 5 heteroatoms. The van der Waals surface area contributed by atoms with Crippen molar-refractivity contribution in [3.05, 3.63) is 35.3 Å². The molecule has 2 aromatic rings. The Balaban J connectivity index is 2.53. The van der Waals surface area contributed by atoms with Gasteiger partial charge in [0.2, 0.25) is 0 Å². The van der Waals surface area contributed by atoms with Crippen LogP contribution in [0.3, 0.4) is 0 Å². The Morgan fingerprint density at radius 3 is 2.53 bits per heavy atom. The molecule has 0 saturated heterocycles. The van der Waals surface area contributed by atoms with E-state index in [1.54, 1.807) is 21.1 Å². The Labute approximate surface area is 111 Å². The molecule has 0 aliphatic carbocycles. The van der Waals surface area contributed by atoms with Crippen molar-refractivity contribution < 1.29 is 9.13 Å². The minimum atomic E-state index is -0.420. The molecule has 0 aliphatic rings. The van der Waals surface area contributed by atoms with Gasteiger partial charge in [0.15, 0.2) is 17.5 Å². The standard InChI is InChI=1S/C14H16FN3O/c1-8-7-10(5-6-11(8)19-4)13-17-9(2)12(15)14(16-3)18-13/h5-7H,1-4H3,(H,16,17,18). The highest BCUT2D eigenvalue weighted by atomic mass is 19.1. The normalized spacial score (nSPS) is 10.4. The number of methoxy groups -OCH3 is 1. The van der Waals surface area contributed by atoms with E-state index in [4.69, 9.17) is 4.74 Å². The van der Waals surface area contributed by atoms with Crippen molar-refractivity contribution in [2.24, 2.45) is 0 Å². The first-order valence-electron chi connectivity index (χ1n) is 5.93. The van der Waals surface area contributed by atoms with Crippen LogP contribution in [-0.4, -0.2) is 24.1 Å². The third-order valence-electron chi connectivity index (χ3n) is 2.91. The number of nitrogens with one attached hydrogen (secondary N) is 1. The summed E-state index contributed by atoms with van der Waals surface area (Å²) in [4.78, 5) is 8.36. The third-order valence-corrected chi connectivity index (χ3v) is 2.91. The molecule has 2 rings (SSSR count). The summed E-state index contributed by atoms with van der Waals surface area (Å²) in [6.07, 6.45) is 0. The van der Waals surface area contributed by atoms with Crippen molar-refractivity contribution in [1.82, 2.24) is 9.97 Å². The molecule has 1 N–H and O–H groups in total. The molecule has 0 aliphatic heterocycles. The van der Waals surface area contributed by atoms with Gasteiger partial charge in [0.25, 0.3) is 0 Å². The highest BCUT2D eigenvalue weighted by Gasteiger charge is 2.12. The summed E-state index contributed by atoms with van der Waals surface area (Å²) in [7, 11) is 3.26. The minimum absolute atomic E-state index is 0.205. The van der Waals surface area contributed by atoms with E-state index in [1.807, 2.05) is 25.1 Å². The van der Waals surface area contributed by atoms with Crippen molar-refractivity contribution in [3.8, 4) is 17.1 Å². The molecule has 1 aromatic carbocycles. The van der Waals surface area contributed by atoms with Crippen LogP contribution in [0.4, 0.5) is 10.2 Å². The number of anilines is 1. The maximum Gasteiger partial charge on any atom is 0.186 e. The van der Waals surface area contributed by atoms with Crippen molar-refractivity contribution in [2.45, 2.75) is 13.8 Å². The largest absolute Gasteiger partial charge is 0.496 e. The molecule has 0 atom stereocenters. The van der Waals surface area contributed by atoms with Gasteiger partial charge in [0.05, 0.1) is 12.8 Å². The number of aryl methyl sites for hydroxylation is 2. The second-order valence-electron chi connectivity index (χ2n) is 4.23. The molecule has 0 unspecified atom stereocenters. The van der Waals surface area contributed by atoms with Gasteiger partial charge in [-0.25, -0.2) is 14.4 Å². The van der Waals surface area contributed by atoms with Crippen LogP contribution in [0.1, 0.15) is 11.3 Å². The number of hydrogen-bond donors (Lipinski definition) is 1. The lowest BCUT2D eigenvalue weighted by atomic mass is 10.1. The fraction of sp³-hybridized carbons (Fsp3) is 0.286. The van der Waals surface area contributed by atoms with Crippen LogP contribution in [0.15, 0.2) is 18.2 Å². The fourth-order valence-electron chi connectivity index (χ4n) is 1.87. The first kappa shape index (κ1) is 13.3. The van der Waals surface area contributed by atoms with E-state index in [9.17, 15) is 4.39 Å². The zero-order chi connectivity index (χ0) is 14.0. The molecule has 100 valence electrons. The van der Waals surface area contributed by atoms with Gasteiger partial charge in [-0.15, -0.1) is 0 Å². The maximum atomic E-state index is 13.7. The van der Waals surface area contributed by atoms with Gasteiger partial charge in [-0.3, -0.25) is 0 Å². The van der Waals surface area contributed by atoms with E-state index in [0.717, 1.165) is 16.9 Å². The molecule has 0 spiro atoms. The van der Waals surface area contributed by atoms with Gasteiger partial charge in [-0.05, 0) is 37.6 Å². The molecule has 0 amide bonds. The minimum Gasteiger partial charge on any atom is -0.496 e. The van der Waals surface area contributed by atoms with Gasteiger partial charge in [0, 0.05) is 12.6 Å². The van der Waals surface area contributed by atoms with E-state index in [0.29, 0.717) is 11.5 Å². The summed E-state index contributed by atoms with van der Waals surface area (Å²) in [5, 5.41) is 2.73. The van der Waals surface area contributed by atoms with Crippen LogP contribution >= 0.6 is 0 Å². The Kier molecular flexibility index (Phi) is 3.64. The molecular weight excluding hydrogens is 245 g/mol. The number of halogens is 1. The van der Waals surface area contributed by atoms with Crippen molar-refractivity contribution in [1.29, 1.82) is 0 Å². The summed E-state index contributed by atoms with van der Waals surface area (Å²) in [6.45, 7) is 3.56. The van der Waals surface area contributed by atoms with Gasteiger partial charge in [-0.1, -0.05) is 0 Å². The predicted octanol–water partition coefficient (Wildman–Crippen LogP) is 2.95. The topological polar surface area (TPSA) is 47.0 Å². The number of rotatable bonds is 3. The molecule has 0 fully saturated rings. The Morgan fingerprint density at radius 2 is 1.95 bits per heavy atom. The Hall–Kier alpha value is -2.17. The average Bonchev–Trinajstić information content (AvgIpc) is 2.41. The SMILES string of the molecule is CNc1nc(-c2ccc(OC)c(C)c2)nc(C)c1F. The zero-order valence-electron chi connectivity index (χ0n) is 11.4. The summed E-state index contributed by atoms with van der Waals surface area (Å²) >= 11 is 0. The highest BCUT2D eigenvalue weighted by Crippen LogP contribution is 2.25. The van der Waals surface area contributed by atoms with Gasteiger partial charge < -0.3 is 10.1 Å². The lowest BCUT2D eigenvalue weighted by Crippen LogP contribution is -2.03. The predicted molar refractivity (Wildman–Crippen MR) is 73.0 cm³/mol. The number of hydrogen-bond acceptors (Lipinski definition) is 4. The first-order valence-corrected chi connectivity index (χ1v) is 5.93. The summed E-state index contributed by atoms with van der Waals surface area (Å²) in [5.41, 5.74) is 2.14. The first-order chi connectivity index (χ1) is 9.06. The van der Waals surface area contributed by atoms with E-state index in [2.05, 4.69) is 15.3 Å². The van der Waals surface area contributed by atoms with Crippen molar-refractivity contribution in [3.63, 3.8) is 0 Å². The second-order valence-corrected chi connectivity index (χ2v) is 4.23. The van der Waals surface area contributed by atoms with Crippen molar-refractivity contribution >= 4 is 5.82 Å². The van der Waals surface area contributed by atoms with E-state index in [-0.39, 0.29) is 5.82 Å². The Bertz CT molecular complexity index is 614. The molecule has 19 heavy (non-hydrogen) atoms. The number of nitrogens with zero attached hydrogens (tertiary/aromatic N) is 2. The highest BCUT2D eigenvalue weighted by molar-refractivity contribution is 5.60. The molecule has 0 saturated carbocycles. The zero-order valence-corrected chi connectivity index (χ0v) is 11.4. The summed E-state index contributed by atoms with van der Waals surface area (Å²) < 4.78 is 18.9. The van der Waals surface area contributed by atoms with Crippen LogP contribution in [0.5, 0.6) is 5.75 Å². The van der Waals surface area contributed by atoms with Gasteiger partial charge in [-0.2, -0.15) is 0 Å². The number of aromatic nitrogens is 2. The quantitative estimate of drug-likeness (QED) is 0.922. The van der Waals surface area contributed by atoms with Crippen LogP contribution in [0.25, 0.3) is 11.4 Å². The van der Waals surface area contributed by atoms with Crippen LogP contribution in [0, 0.1) is 19.7 Å². The molecular formula is C14H16FN3O. The third kappa shape index (κ3) is 2.50. The smallest absolute Gasteiger partial charge is 0.186 e. The van der Waals surface area contributed by atoms with Gasteiger partial charge in [0.1, 0.15) is 5.75 Å². The summed E-state index contributed by atoms with van der Waals surface area (Å²) in [6, 6.07) is 5.63. The molecule has 4 nitrogen and oxygen atoms in total. The number of benzene rings is 1. The molecule has 0 radical (unpaired) electrons. The summed E-state index contributed by atoms with van der Waals surface area (Å²) in [5.74, 6) is 1.08. The lowest BCUT2D eigenvalue weighted by molar-refractivity contribution is 0.412. The van der Waals surface area contributed by atoms with E-state index < -0.39 is 5.82 Å². The van der Waals surface area contributed by atoms with E-state index in [1.165, 1.54) is 0 Å². The maximum absolute atomic E-state index is 13.7. The van der Waals surface area contributed by atoms with Crippen molar-refractivity contribution in [2.75, 3.05) is 19.5 Å². The Morgan fingerprint density at radius 1 is 1.21 bits per heavy atom. The average molecular weight is 261 g/mol.